The zero-order valence-electron chi connectivity index (χ0n) is 18.3. The van der Waals surface area contributed by atoms with E-state index >= 15 is 0 Å². The van der Waals surface area contributed by atoms with Crippen molar-refractivity contribution in [2.24, 2.45) is 0 Å². The second-order valence-electron chi connectivity index (χ2n) is 7.97. The van der Waals surface area contributed by atoms with Gasteiger partial charge in [-0.3, -0.25) is 19.5 Å². The monoisotopic (exact) mass is 512 g/mol. The molecule has 3 aromatic carbocycles. The molecule has 1 aliphatic rings. The lowest BCUT2D eigenvalue weighted by atomic mass is 10.1. The summed E-state index contributed by atoms with van der Waals surface area (Å²) in [7, 11) is 0. The maximum absolute atomic E-state index is 12.6. The Bertz CT molecular complexity index is 1380. The standard InChI is InChI=1S/C28H21BrN2O3/c29-20-16-24-21(10-6-7-15-31-27(32)22-11-4-5-12-23(22)28(31)33)26(14-13-25(24)30-17-20)34-18-19-8-2-1-3-9-19/h1-6,8-14,16-17H,7,15,18H2. The summed E-state index contributed by atoms with van der Waals surface area (Å²) in [6.45, 7) is 0.763. The van der Waals surface area contributed by atoms with Gasteiger partial charge >= 0.3 is 0 Å². The Kier molecular flexibility index (Phi) is 6.23. The van der Waals surface area contributed by atoms with Gasteiger partial charge in [0.25, 0.3) is 11.8 Å². The van der Waals surface area contributed by atoms with E-state index in [0.717, 1.165) is 32.3 Å². The van der Waals surface area contributed by atoms with Crippen LogP contribution in [0, 0.1) is 0 Å². The zero-order chi connectivity index (χ0) is 23.5. The second kappa shape index (κ2) is 9.61. The first-order chi connectivity index (χ1) is 16.6. The largest absolute Gasteiger partial charge is 0.488 e. The summed E-state index contributed by atoms with van der Waals surface area (Å²) in [5.74, 6) is 0.270. The number of aromatic nitrogens is 1. The number of amides is 2. The number of carbonyl (C=O) groups excluding carboxylic acids is 2. The number of rotatable bonds is 7. The highest BCUT2D eigenvalue weighted by atomic mass is 79.9. The Morgan fingerprint density at radius 3 is 2.35 bits per heavy atom. The topological polar surface area (TPSA) is 59.5 Å². The Morgan fingerprint density at radius 2 is 1.62 bits per heavy atom. The second-order valence-corrected chi connectivity index (χ2v) is 8.89. The van der Waals surface area contributed by atoms with E-state index in [-0.39, 0.29) is 11.8 Å². The molecule has 1 aromatic heterocycles. The molecule has 0 N–H and O–H groups in total. The summed E-state index contributed by atoms with van der Waals surface area (Å²) in [5.41, 5.74) is 3.78. The highest BCUT2D eigenvalue weighted by molar-refractivity contribution is 9.10. The van der Waals surface area contributed by atoms with Crippen LogP contribution in [-0.4, -0.2) is 28.2 Å². The SMILES string of the molecule is O=C1c2ccccc2C(=O)N1CCC=Cc1c(OCc2ccccc2)ccc2ncc(Br)cc12. The van der Waals surface area contributed by atoms with Crippen LogP contribution in [0.15, 0.2) is 89.5 Å². The molecule has 0 unspecified atom stereocenters. The van der Waals surface area contributed by atoms with E-state index in [0.29, 0.717) is 30.7 Å². The number of carbonyl (C=O) groups is 2. The summed E-state index contributed by atoms with van der Waals surface area (Å²) in [5, 5.41) is 0.955. The molecule has 0 saturated carbocycles. The van der Waals surface area contributed by atoms with Crippen molar-refractivity contribution in [2.45, 2.75) is 13.0 Å². The van der Waals surface area contributed by atoms with Gasteiger partial charge in [0.1, 0.15) is 12.4 Å². The van der Waals surface area contributed by atoms with Crippen molar-refractivity contribution in [2.75, 3.05) is 6.54 Å². The molecule has 5 rings (SSSR count). The Balaban J connectivity index is 1.37. The summed E-state index contributed by atoms with van der Waals surface area (Å²) < 4.78 is 7.04. The van der Waals surface area contributed by atoms with Gasteiger partial charge in [0.15, 0.2) is 0 Å². The van der Waals surface area contributed by atoms with E-state index in [1.165, 1.54) is 4.90 Å². The molecular formula is C28H21BrN2O3. The molecule has 1 aliphatic heterocycles. The fourth-order valence-electron chi connectivity index (χ4n) is 4.06. The molecule has 6 heteroatoms. The lowest BCUT2D eigenvalue weighted by Crippen LogP contribution is -2.30. The van der Waals surface area contributed by atoms with Crippen LogP contribution in [0.4, 0.5) is 0 Å². The van der Waals surface area contributed by atoms with Gasteiger partial charge in [0.2, 0.25) is 0 Å². The Morgan fingerprint density at radius 1 is 0.912 bits per heavy atom. The first kappa shape index (κ1) is 22.0. The number of hydrogen-bond donors (Lipinski definition) is 0. The third-order valence-corrected chi connectivity index (χ3v) is 6.19. The van der Waals surface area contributed by atoms with Crippen LogP contribution >= 0.6 is 15.9 Å². The van der Waals surface area contributed by atoms with Crippen LogP contribution in [0.2, 0.25) is 0 Å². The maximum Gasteiger partial charge on any atom is 0.261 e. The van der Waals surface area contributed by atoms with Gasteiger partial charge in [-0.1, -0.05) is 54.6 Å². The fraction of sp³-hybridized carbons (Fsp3) is 0.107. The van der Waals surface area contributed by atoms with E-state index in [9.17, 15) is 9.59 Å². The molecule has 0 atom stereocenters. The number of nitrogens with zero attached hydrogens (tertiary/aromatic N) is 2. The van der Waals surface area contributed by atoms with Crippen molar-refractivity contribution in [1.29, 1.82) is 0 Å². The summed E-state index contributed by atoms with van der Waals surface area (Å²) in [6, 6.07) is 22.8. The van der Waals surface area contributed by atoms with Crippen molar-refractivity contribution in [1.82, 2.24) is 9.88 Å². The van der Waals surface area contributed by atoms with Gasteiger partial charge in [-0.05, 0) is 58.2 Å². The molecule has 0 saturated heterocycles. The van der Waals surface area contributed by atoms with Crippen molar-refractivity contribution >= 4 is 44.7 Å². The molecule has 4 aromatic rings. The van der Waals surface area contributed by atoms with Crippen molar-refractivity contribution in [3.05, 3.63) is 112 Å². The van der Waals surface area contributed by atoms with E-state index in [1.54, 1.807) is 30.5 Å². The van der Waals surface area contributed by atoms with Crippen molar-refractivity contribution in [3.63, 3.8) is 0 Å². The van der Waals surface area contributed by atoms with Gasteiger partial charge in [-0.2, -0.15) is 0 Å². The average Bonchev–Trinajstić information content (AvgIpc) is 3.11. The normalized spacial score (nSPS) is 13.1. The minimum atomic E-state index is -0.237. The zero-order valence-corrected chi connectivity index (χ0v) is 19.9. The molecule has 0 spiro atoms. The molecule has 2 heterocycles. The Labute approximate surface area is 205 Å². The predicted octanol–water partition coefficient (Wildman–Crippen LogP) is 6.28. The fourth-order valence-corrected chi connectivity index (χ4v) is 4.39. The molecule has 5 nitrogen and oxygen atoms in total. The van der Waals surface area contributed by atoms with E-state index < -0.39 is 0 Å². The van der Waals surface area contributed by atoms with Gasteiger partial charge in [-0.15, -0.1) is 0 Å². The van der Waals surface area contributed by atoms with E-state index in [1.807, 2.05) is 60.7 Å². The molecule has 34 heavy (non-hydrogen) atoms. The summed E-state index contributed by atoms with van der Waals surface area (Å²) >= 11 is 3.51. The number of ether oxygens (including phenoxy) is 1. The van der Waals surface area contributed by atoms with Crippen molar-refractivity contribution in [3.8, 4) is 5.75 Å². The summed E-state index contributed by atoms with van der Waals surface area (Å²) in [4.78, 5) is 31.0. The van der Waals surface area contributed by atoms with Crippen molar-refractivity contribution < 1.29 is 14.3 Å². The first-order valence-electron chi connectivity index (χ1n) is 11.0. The minimum Gasteiger partial charge on any atom is -0.488 e. The smallest absolute Gasteiger partial charge is 0.261 e. The van der Waals surface area contributed by atoms with Gasteiger partial charge < -0.3 is 4.74 Å². The third-order valence-electron chi connectivity index (χ3n) is 5.75. The number of pyridine rings is 1. The first-order valence-corrected chi connectivity index (χ1v) is 11.8. The molecule has 0 radical (unpaired) electrons. The number of halogens is 1. The Hall–Kier alpha value is -3.77. The van der Waals surface area contributed by atoms with Gasteiger partial charge in [-0.25, -0.2) is 0 Å². The highest BCUT2D eigenvalue weighted by Crippen LogP contribution is 2.31. The maximum atomic E-state index is 12.6. The van der Waals surface area contributed by atoms with Gasteiger partial charge in [0, 0.05) is 28.2 Å². The molecule has 2 amide bonds. The molecule has 168 valence electrons. The molecular weight excluding hydrogens is 492 g/mol. The number of fused-ring (bicyclic) bond motifs is 2. The quantitative estimate of drug-likeness (QED) is 0.273. The number of hydrogen-bond acceptors (Lipinski definition) is 4. The van der Waals surface area contributed by atoms with Crippen LogP contribution in [0.3, 0.4) is 0 Å². The minimum absolute atomic E-state index is 0.237. The number of benzene rings is 3. The third kappa shape index (κ3) is 4.37. The van der Waals surface area contributed by atoms with Crippen LogP contribution < -0.4 is 4.74 Å². The van der Waals surface area contributed by atoms with Gasteiger partial charge in [0.05, 0.1) is 16.6 Å². The van der Waals surface area contributed by atoms with E-state index in [2.05, 4.69) is 20.9 Å². The summed E-state index contributed by atoms with van der Waals surface area (Å²) in [6.07, 6.45) is 6.24. The van der Waals surface area contributed by atoms with Crippen LogP contribution in [0.25, 0.3) is 17.0 Å². The van der Waals surface area contributed by atoms with Crippen LogP contribution in [0.5, 0.6) is 5.75 Å². The lowest BCUT2D eigenvalue weighted by Gasteiger charge is -2.13. The molecule has 0 aliphatic carbocycles. The molecule has 0 bridgehead atoms. The molecule has 0 fully saturated rings. The van der Waals surface area contributed by atoms with Crippen LogP contribution in [0.1, 0.15) is 38.3 Å². The van der Waals surface area contributed by atoms with Crippen LogP contribution in [-0.2, 0) is 6.61 Å². The predicted molar refractivity (Wildman–Crippen MR) is 136 cm³/mol. The highest BCUT2D eigenvalue weighted by Gasteiger charge is 2.34. The average molecular weight is 513 g/mol. The lowest BCUT2D eigenvalue weighted by molar-refractivity contribution is 0.0657. The van der Waals surface area contributed by atoms with E-state index in [4.69, 9.17) is 4.74 Å². The number of imide groups is 1.